The number of nitrogens with one attached hydrogen (secondary N) is 1. The fourth-order valence-electron chi connectivity index (χ4n) is 2.87. The van der Waals surface area contributed by atoms with Crippen LogP contribution in [0.4, 0.5) is 0 Å². The average molecular weight is 384 g/mol. The van der Waals surface area contributed by atoms with Gasteiger partial charge in [0.2, 0.25) is 15.9 Å². The molecule has 1 aliphatic rings. The van der Waals surface area contributed by atoms with E-state index in [0.717, 1.165) is 0 Å². The van der Waals surface area contributed by atoms with Gasteiger partial charge in [0.15, 0.2) is 0 Å². The van der Waals surface area contributed by atoms with Crippen molar-refractivity contribution in [2.24, 2.45) is 0 Å². The summed E-state index contributed by atoms with van der Waals surface area (Å²) in [4.78, 5) is 14.6. The number of methoxy groups -OCH3 is 1. The molecule has 7 nitrogen and oxygen atoms in total. The van der Waals surface area contributed by atoms with Crippen LogP contribution in [0.3, 0.4) is 0 Å². The second-order valence-corrected chi connectivity index (χ2v) is 9.47. The van der Waals surface area contributed by atoms with Crippen LogP contribution in [-0.2, 0) is 14.8 Å². The first-order chi connectivity index (χ1) is 12.0. The van der Waals surface area contributed by atoms with Gasteiger partial charge in [0.25, 0.3) is 0 Å². The molecule has 8 heteroatoms. The van der Waals surface area contributed by atoms with E-state index < -0.39 is 10.0 Å². The summed E-state index contributed by atoms with van der Waals surface area (Å²) >= 11 is 0. The van der Waals surface area contributed by atoms with E-state index in [4.69, 9.17) is 4.74 Å². The molecule has 2 rings (SSSR count). The number of hydrogen-bond acceptors (Lipinski definition) is 5. The van der Waals surface area contributed by atoms with E-state index in [0.29, 0.717) is 31.9 Å². The number of hydrogen-bond donors (Lipinski definition) is 1. The minimum absolute atomic E-state index is 0.0380. The van der Waals surface area contributed by atoms with Gasteiger partial charge in [-0.15, -0.1) is 0 Å². The molecule has 0 aliphatic carbocycles. The van der Waals surface area contributed by atoms with E-state index >= 15 is 0 Å². The molecule has 1 atom stereocenters. The summed E-state index contributed by atoms with van der Waals surface area (Å²) in [6.45, 7) is 9.45. The fourth-order valence-corrected chi connectivity index (χ4v) is 4.29. The number of piperazine rings is 1. The van der Waals surface area contributed by atoms with Crippen molar-refractivity contribution in [3.8, 4) is 5.75 Å². The topological polar surface area (TPSA) is 79.0 Å². The van der Waals surface area contributed by atoms with Gasteiger partial charge in [0.1, 0.15) is 5.75 Å². The van der Waals surface area contributed by atoms with Crippen LogP contribution >= 0.6 is 0 Å². The molecule has 1 saturated heterocycles. The number of benzene rings is 1. The van der Waals surface area contributed by atoms with Crippen LogP contribution in [-0.4, -0.2) is 68.4 Å². The van der Waals surface area contributed by atoms with Crippen molar-refractivity contribution in [2.45, 2.75) is 44.2 Å². The maximum atomic E-state index is 12.8. The number of ether oxygens (including phenoxy) is 1. The van der Waals surface area contributed by atoms with E-state index in [9.17, 15) is 13.2 Å². The van der Waals surface area contributed by atoms with E-state index in [-0.39, 0.29) is 22.4 Å². The maximum Gasteiger partial charge on any atom is 0.243 e. The Morgan fingerprint density at radius 1 is 1.12 bits per heavy atom. The number of carbonyl (C=O) groups excluding carboxylic acids is 1. The smallest absolute Gasteiger partial charge is 0.243 e. The molecular weight excluding hydrogens is 354 g/mol. The Bertz CT molecular complexity index is 718. The van der Waals surface area contributed by atoms with Crippen molar-refractivity contribution < 1.29 is 17.9 Å². The molecule has 0 aromatic heterocycles. The van der Waals surface area contributed by atoms with Crippen LogP contribution in [0.1, 0.15) is 27.7 Å². The molecule has 0 radical (unpaired) electrons. The van der Waals surface area contributed by atoms with Crippen molar-refractivity contribution in [1.82, 2.24) is 14.5 Å². The number of amides is 1. The Kier molecular flexibility index (Phi) is 6.31. The van der Waals surface area contributed by atoms with Crippen LogP contribution in [0.5, 0.6) is 5.75 Å². The van der Waals surface area contributed by atoms with Crippen molar-refractivity contribution in [2.75, 3.05) is 33.3 Å². The summed E-state index contributed by atoms with van der Waals surface area (Å²) in [6.07, 6.45) is 0. The number of rotatable bonds is 5. The van der Waals surface area contributed by atoms with E-state index in [1.54, 1.807) is 31.4 Å². The van der Waals surface area contributed by atoms with E-state index in [1.807, 2.05) is 32.6 Å². The van der Waals surface area contributed by atoms with E-state index in [2.05, 4.69) is 5.32 Å². The minimum Gasteiger partial charge on any atom is -0.497 e. The summed E-state index contributed by atoms with van der Waals surface area (Å²) in [5, 5.41) is 2.97. The van der Waals surface area contributed by atoms with Crippen LogP contribution in [0.15, 0.2) is 29.2 Å². The molecule has 1 fully saturated rings. The highest BCUT2D eigenvalue weighted by molar-refractivity contribution is 7.89. The van der Waals surface area contributed by atoms with Gasteiger partial charge >= 0.3 is 0 Å². The normalized spacial score (nSPS) is 18.3. The first-order valence-corrected chi connectivity index (χ1v) is 10.2. The van der Waals surface area contributed by atoms with Gasteiger partial charge in [0.05, 0.1) is 18.0 Å². The third-order valence-electron chi connectivity index (χ3n) is 4.40. The third kappa shape index (κ3) is 4.96. The van der Waals surface area contributed by atoms with Crippen molar-refractivity contribution in [3.63, 3.8) is 0 Å². The number of nitrogens with zero attached hydrogens (tertiary/aromatic N) is 2. The SMILES string of the molecule is COc1ccc(S(=O)(=O)N2CCN(C(C)C(=O)NC(C)(C)C)CC2)cc1. The molecule has 0 saturated carbocycles. The fraction of sp³-hybridized carbons (Fsp3) is 0.611. The molecule has 0 spiro atoms. The van der Waals surface area contributed by atoms with Crippen molar-refractivity contribution in [1.29, 1.82) is 0 Å². The molecule has 0 bridgehead atoms. The zero-order valence-electron chi connectivity index (χ0n) is 16.2. The molecule has 1 amide bonds. The lowest BCUT2D eigenvalue weighted by Crippen LogP contribution is -2.56. The zero-order chi connectivity index (χ0) is 19.5. The summed E-state index contributed by atoms with van der Waals surface area (Å²) in [7, 11) is -1.99. The summed E-state index contributed by atoms with van der Waals surface area (Å²) in [5.74, 6) is 0.580. The highest BCUT2D eigenvalue weighted by Crippen LogP contribution is 2.21. The second-order valence-electron chi connectivity index (χ2n) is 7.53. The first-order valence-electron chi connectivity index (χ1n) is 8.75. The standard InChI is InChI=1S/C18H29N3O4S/c1-14(17(22)19-18(2,3)4)20-10-12-21(13-11-20)26(23,24)16-8-6-15(25-5)7-9-16/h6-9,14H,10-13H2,1-5H3,(H,19,22). The Labute approximate surface area is 156 Å². The lowest BCUT2D eigenvalue weighted by atomic mass is 10.1. The maximum absolute atomic E-state index is 12.8. The highest BCUT2D eigenvalue weighted by atomic mass is 32.2. The Hall–Kier alpha value is -1.64. The molecule has 1 aromatic rings. The summed E-state index contributed by atoms with van der Waals surface area (Å²) in [6, 6.07) is 6.10. The van der Waals surface area contributed by atoms with Crippen LogP contribution in [0.2, 0.25) is 0 Å². The molecule has 1 aliphatic heterocycles. The quantitative estimate of drug-likeness (QED) is 0.829. The highest BCUT2D eigenvalue weighted by Gasteiger charge is 2.32. The summed E-state index contributed by atoms with van der Waals surface area (Å²) in [5.41, 5.74) is -0.287. The average Bonchev–Trinajstić information content (AvgIpc) is 2.59. The van der Waals surface area contributed by atoms with Gasteiger partial charge in [0, 0.05) is 31.7 Å². The molecule has 1 unspecified atom stereocenters. The first kappa shape index (κ1) is 20.7. The largest absolute Gasteiger partial charge is 0.497 e. The predicted molar refractivity (Wildman–Crippen MR) is 101 cm³/mol. The van der Waals surface area contributed by atoms with Gasteiger partial charge in [-0.1, -0.05) is 0 Å². The van der Waals surface area contributed by atoms with Crippen LogP contribution in [0, 0.1) is 0 Å². The Balaban J connectivity index is 1.99. The number of carbonyl (C=O) groups is 1. The van der Waals surface area contributed by atoms with Gasteiger partial charge in [-0.2, -0.15) is 4.31 Å². The van der Waals surface area contributed by atoms with Crippen LogP contribution < -0.4 is 10.1 Å². The summed E-state index contributed by atoms with van der Waals surface area (Å²) < 4.78 is 32.1. The van der Waals surface area contributed by atoms with Crippen molar-refractivity contribution in [3.05, 3.63) is 24.3 Å². The van der Waals surface area contributed by atoms with E-state index in [1.165, 1.54) is 4.31 Å². The lowest BCUT2D eigenvalue weighted by Gasteiger charge is -2.37. The predicted octanol–water partition coefficient (Wildman–Crippen LogP) is 1.30. The molecule has 26 heavy (non-hydrogen) atoms. The molecule has 146 valence electrons. The molecule has 1 heterocycles. The van der Waals surface area contributed by atoms with Gasteiger partial charge < -0.3 is 10.1 Å². The van der Waals surface area contributed by atoms with Crippen molar-refractivity contribution >= 4 is 15.9 Å². The van der Waals surface area contributed by atoms with Gasteiger partial charge in [-0.25, -0.2) is 8.42 Å². The zero-order valence-corrected chi connectivity index (χ0v) is 17.0. The third-order valence-corrected chi connectivity index (χ3v) is 6.31. The van der Waals surface area contributed by atoms with Gasteiger partial charge in [-0.05, 0) is 52.0 Å². The minimum atomic E-state index is -3.53. The Morgan fingerprint density at radius 2 is 1.65 bits per heavy atom. The van der Waals surface area contributed by atoms with Crippen LogP contribution in [0.25, 0.3) is 0 Å². The second kappa shape index (κ2) is 7.94. The molecule has 1 aromatic carbocycles. The number of sulfonamides is 1. The molecular formula is C18H29N3O4S. The molecule has 1 N–H and O–H groups in total. The van der Waals surface area contributed by atoms with Gasteiger partial charge in [-0.3, -0.25) is 9.69 Å². The monoisotopic (exact) mass is 383 g/mol. The Morgan fingerprint density at radius 3 is 2.12 bits per heavy atom. The lowest BCUT2D eigenvalue weighted by molar-refractivity contribution is -0.127.